The van der Waals surface area contributed by atoms with Gasteiger partial charge < -0.3 is 10.1 Å². The number of esters is 1. The number of fused-ring (bicyclic) bond motifs is 2. The largest absolute Gasteiger partial charge is 0.465 e. The standard InChI is InChI=1S/C23H21N3O3S3/c1-3-26-11-10-13-18(12-26)32-22(19(13)23(28)29-2)25-20(27)16-8-9-17(30-16)21-24-14-6-4-5-7-15(14)31-21/h4-9H,3,10-12H2,1-2H3,(H,25,27). The molecule has 1 aliphatic rings. The van der Waals surface area contributed by atoms with Crippen LogP contribution in [0.1, 0.15) is 37.4 Å². The van der Waals surface area contributed by atoms with Crippen LogP contribution in [-0.4, -0.2) is 42.0 Å². The number of carbonyl (C=O) groups excluding carboxylic acids is 2. The minimum absolute atomic E-state index is 0.224. The molecule has 4 heterocycles. The van der Waals surface area contributed by atoms with E-state index in [9.17, 15) is 9.59 Å². The van der Waals surface area contributed by atoms with Crippen molar-refractivity contribution in [3.8, 4) is 9.88 Å². The van der Waals surface area contributed by atoms with Gasteiger partial charge in [0.15, 0.2) is 0 Å². The quantitative estimate of drug-likeness (QED) is 0.379. The summed E-state index contributed by atoms with van der Waals surface area (Å²) in [7, 11) is 1.38. The minimum Gasteiger partial charge on any atom is -0.465 e. The highest BCUT2D eigenvalue weighted by molar-refractivity contribution is 7.26. The lowest BCUT2D eigenvalue weighted by Gasteiger charge is -2.25. The predicted molar refractivity (Wildman–Crippen MR) is 131 cm³/mol. The van der Waals surface area contributed by atoms with Crippen LogP contribution in [0.25, 0.3) is 20.1 Å². The minimum atomic E-state index is -0.399. The van der Waals surface area contributed by atoms with E-state index in [1.165, 1.54) is 29.8 Å². The molecule has 0 fully saturated rings. The summed E-state index contributed by atoms with van der Waals surface area (Å²) < 4.78 is 6.15. The van der Waals surface area contributed by atoms with E-state index < -0.39 is 5.97 Å². The Balaban J connectivity index is 1.42. The lowest BCUT2D eigenvalue weighted by molar-refractivity contribution is 0.0600. The normalized spacial score (nSPS) is 13.8. The van der Waals surface area contributed by atoms with Crippen LogP contribution in [-0.2, 0) is 17.7 Å². The summed E-state index contributed by atoms with van der Waals surface area (Å²) in [4.78, 5) is 35.2. The van der Waals surface area contributed by atoms with Gasteiger partial charge in [-0.05, 0) is 42.8 Å². The Bertz CT molecular complexity index is 1290. The lowest BCUT2D eigenvalue weighted by Crippen LogP contribution is -2.29. The summed E-state index contributed by atoms with van der Waals surface area (Å²) in [6.07, 6.45) is 0.779. The number of rotatable bonds is 5. The molecule has 0 bridgehead atoms. The zero-order chi connectivity index (χ0) is 22.2. The van der Waals surface area contributed by atoms with Gasteiger partial charge in [0.2, 0.25) is 0 Å². The van der Waals surface area contributed by atoms with E-state index in [1.54, 1.807) is 11.3 Å². The fourth-order valence-electron chi connectivity index (χ4n) is 3.85. The van der Waals surface area contributed by atoms with Gasteiger partial charge in [-0.1, -0.05) is 19.1 Å². The molecule has 5 rings (SSSR count). The highest BCUT2D eigenvalue weighted by Gasteiger charge is 2.29. The van der Waals surface area contributed by atoms with Crippen molar-refractivity contribution in [3.05, 3.63) is 57.3 Å². The predicted octanol–water partition coefficient (Wildman–Crippen LogP) is 5.50. The van der Waals surface area contributed by atoms with E-state index in [2.05, 4.69) is 22.1 Å². The topological polar surface area (TPSA) is 71.5 Å². The molecule has 0 atom stereocenters. The smallest absolute Gasteiger partial charge is 0.341 e. The number of methoxy groups -OCH3 is 1. The molecular weight excluding hydrogens is 462 g/mol. The van der Waals surface area contributed by atoms with Crippen LogP contribution in [0.2, 0.25) is 0 Å². The molecule has 1 N–H and O–H groups in total. The highest BCUT2D eigenvalue weighted by Crippen LogP contribution is 2.39. The number of anilines is 1. The SMILES string of the molecule is CCN1CCc2c(sc(NC(=O)c3ccc(-c4nc5ccccc5s4)s3)c2C(=O)OC)C1. The fourth-order valence-corrected chi connectivity index (χ4v) is 7.04. The van der Waals surface area contributed by atoms with Crippen LogP contribution < -0.4 is 5.32 Å². The molecule has 1 amide bonds. The van der Waals surface area contributed by atoms with Crippen molar-refractivity contribution in [2.75, 3.05) is 25.5 Å². The zero-order valence-corrected chi connectivity index (χ0v) is 20.1. The number of benzene rings is 1. The van der Waals surface area contributed by atoms with E-state index in [1.807, 2.05) is 36.4 Å². The van der Waals surface area contributed by atoms with Crippen LogP contribution >= 0.6 is 34.0 Å². The summed E-state index contributed by atoms with van der Waals surface area (Å²) in [5.41, 5.74) is 2.46. The van der Waals surface area contributed by atoms with Crippen molar-refractivity contribution in [2.24, 2.45) is 0 Å². The second-order valence-corrected chi connectivity index (χ2v) is 10.6. The van der Waals surface area contributed by atoms with Gasteiger partial charge in [-0.25, -0.2) is 9.78 Å². The molecular formula is C23H21N3O3S3. The van der Waals surface area contributed by atoms with Gasteiger partial charge in [0.1, 0.15) is 10.0 Å². The van der Waals surface area contributed by atoms with Crippen molar-refractivity contribution >= 4 is 61.1 Å². The molecule has 6 nitrogen and oxygen atoms in total. The van der Waals surface area contributed by atoms with Gasteiger partial charge in [0.05, 0.1) is 32.6 Å². The van der Waals surface area contributed by atoms with Crippen molar-refractivity contribution in [3.63, 3.8) is 0 Å². The van der Waals surface area contributed by atoms with Crippen LogP contribution in [0.15, 0.2) is 36.4 Å². The molecule has 4 aromatic rings. The zero-order valence-electron chi connectivity index (χ0n) is 17.6. The first-order chi connectivity index (χ1) is 15.6. The average Bonchev–Trinajstić information content (AvgIpc) is 3.53. The molecule has 0 radical (unpaired) electrons. The van der Waals surface area contributed by atoms with E-state index >= 15 is 0 Å². The van der Waals surface area contributed by atoms with Crippen molar-refractivity contribution in [2.45, 2.75) is 19.9 Å². The summed E-state index contributed by atoms with van der Waals surface area (Å²) in [5, 5.41) is 4.45. The summed E-state index contributed by atoms with van der Waals surface area (Å²) in [6, 6.07) is 11.7. The Hall–Kier alpha value is -2.59. The Morgan fingerprint density at radius 2 is 2.00 bits per heavy atom. The van der Waals surface area contributed by atoms with Crippen molar-refractivity contribution < 1.29 is 14.3 Å². The second kappa shape index (κ2) is 8.74. The molecule has 3 aromatic heterocycles. The van der Waals surface area contributed by atoms with E-state index in [-0.39, 0.29) is 5.91 Å². The number of carbonyl (C=O) groups is 2. The molecule has 1 aromatic carbocycles. The first-order valence-corrected chi connectivity index (χ1v) is 12.7. The molecule has 1 aliphatic heterocycles. The number of hydrogen-bond acceptors (Lipinski definition) is 8. The van der Waals surface area contributed by atoms with E-state index in [4.69, 9.17) is 4.74 Å². The molecule has 9 heteroatoms. The van der Waals surface area contributed by atoms with Crippen LogP contribution in [0.5, 0.6) is 0 Å². The average molecular weight is 484 g/mol. The first-order valence-electron chi connectivity index (χ1n) is 10.3. The molecule has 0 saturated carbocycles. The maximum Gasteiger partial charge on any atom is 0.341 e. The third kappa shape index (κ3) is 3.86. The molecule has 0 spiro atoms. The van der Waals surface area contributed by atoms with Crippen molar-refractivity contribution in [1.29, 1.82) is 0 Å². The Morgan fingerprint density at radius 3 is 2.78 bits per heavy atom. The van der Waals surface area contributed by atoms with E-state index in [0.29, 0.717) is 15.4 Å². The number of thiophene rings is 2. The third-order valence-corrected chi connectivity index (χ3v) is 8.96. The van der Waals surface area contributed by atoms with Crippen LogP contribution in [0.3, 0.4) is 0 Å². The number of aromatic nitrogens is 1. The van der Waals surface area contributed by atoms with Gasteiger partial charge in [-0.3, -0.25) is 9.69 Å². The second-order valence-electron chi connectivity index (χ2n) is 7.42. The van der Waals surface area contributed by atoms with Gasteiger partial charge >= 0.3 is 5.97 Å². The number of nitrogens with zero attached hydrogens (tertiary/aromatic N) is 2. The number of nitrogens with one attached hydrogen (secondary N) is 1. The summed E-state index contributed by atoms with van der Waals surface area (Å²) in [6.45, 7) is 4.77. The number of ether oxygens (including phenoxy) is 1. The maximum atomic E-state index is 13.1. The summed E-state index contributed by atoms with van der Waals surface area (Å²) in [5.74, 6) is -0.623. The Labute approximate surface area is 197 Å². The lowest BCUT2D eigenvalue weighted by atomic mass is 10.0. The van der Waals surface area contributed by atoms with Crippen molar-refractivity contribution in [1.82, 2.24) is 9.88 Å². The first kappa shape index (κ1) is 21.3. The third-order valence-electron chi connectivity index (χ3n) is 5.53. The number of para-hydroxylation sites is 1. The Kier molecular flexibility index (Phi) is 5.81. The molecule has 0 unspecified atom stereocenters. The highest BCUT2D eigenvalue weighted by atomic mass is 32.1. The maximum absolute atomic E-state index is 13.1. The number of hydrogen-bond donors (Lipinski definition) is 1. The number of thiazole rings is 1. The van der Waals surface area contributed by atoms with E-state index in [0.717, 1.165) is 56.6 Å². The van der Waals surface area contributed by atoms with Gasteiger partial charge in [-0.2, -0.15) is 0 Å². The molecule has 164 valence electrons. The number of amides is 1. The number of likely N-dealkylation sites (N-methyl/N-ethyl adjacent to an activating group) is 1. The molecule has 0 aliphatic carbocycles. The Morgan fingerprint density at radius 1 is 1.16 bits per heavy atom. The molecule has 0 saturated heterocycles. The summed E-state index contributed by atoms with van der Waals surface area (Å²) >= 11 is 4.49. The van der Waals surface area contributed by atoms with Gasteiger partial charge in [0.25, 0.3) is 5.91 Å². The monoisotopic (exact) mass is 483 g/mol. The van der Waals surface area contributed by atoms with Crippen LogP contribution in [0, 0.1) is 0 Å². The van der Waals surface area contributed by atoms with Gasteiger partial charge in [0, 0.05) is 18.0 Å². The fraction of sp³-hybridized carbons (Fsp3) is 0.261. The van der Waals surface area contributed by atoms with Crippen LogP contribution in [0.4, 0.5) is 5.00 Å². The van der Waals surface area contributed by atoms with Gasteiger partial charge in [-0.15, -0.1) is 34.0 Å². The molecule has 32 heavy (non-hydrogen) atoms.